The Morgan fingerprint density at radius 1 is 1.44 bits per heavy atom. The Balaban J connectivity index is 2.65. The van der Waals surface area contributed by atoms with Crippen LogP contribution in [-0.4, -0.2) is 31.6 Å². The number of hydrogen-bond acceptors (Lipinski definition) is 3. The molecule has 0 amide bonds. The summed E-state index contributed by atoms with van der Waals surface area (Å²) in [4.78, 5) is 12.9. The molecule has 0 heterocycles. The standard InChI is InChI=1S/C11H13Cl2NO2/c1-14(7-11(15)16-2)6-8-5-9(12)3-4-10(8)13/h3-5H,6-7H2,1-2H3. The number of carbonyl (C=O) groups excluding carboxylic acids is 1. The van der Waals surface area contributed by atoms with E-state index in [1.165, 1.54) is 7.11 Å². The Kier molecular flexibility index (Phi) is 5.06. The summed E-state index contributed by atoms with van der Waals surface area (Å²) in [6.07, 6.45) is 0. The zero-order valence-electron chi connectivity index (χ0n) is 9.17. The van der Waals surface area contributed by atoms with Crippen molar-refractivity contribution < 1.29 is 9.53 Å². The van der Waals surface area contributed by atoms with Gasteiger partial charge in [0.25, 0.3) is 0 Å². The van der Waals surface area contributed by atoms with Crippen molar-refractivity contribution in [3.05, 3.63) is 33.8 Å². The minimum absolute atomic E-state index is 0.222. The average Bonchev–Trinajstić information content (AvgIpc) is 2.23. The van der Waals surface area contributed by atoms with Crippen molar-refractivity contribution in [3.8, 4) is 0 Å². The van der Waals surface area contributed by atoms with Crippen LogP contribution in [0, 0.1) is 0 Å². The van der Waals surface area contributed by atoms with Crippen LogP contribution in [-0.2, 0) is 16.1 Å². The molecule has 0 saturated heterocycles. The van der Waals surface area contributed by atoms with E-state index in [2.05, 4.69) is 4.74 Å². The second-order valence-electron chi connectivity index (χ2n) is 3.48. The zero-order chi connectivity index (χ0) is 12.1. The molecule has 0 aliphatic rings. The van der Waals surface area contributed by atoms with Gasteiger partial charge in [0.15, 0.2) is 0 Å². The van der Waals surface area contributed by atoms with Crippen molar-refractivity contribution in [2.24, 2.45) is 0 Å². The van der Waals surface area contributed by atoms with Gasteiger partial charge < -0.3 is 4.74 Å². The highest BCUT2D eigenvalue weighted by atomic mass is 35.5. The summed E-state index contributed by atoms with van der Waals surface area (Å²) in [7, 11) is 3.18. The molecule has 5 heteroatoms. The van der Waals surface area contributed by atoms with Crippen LogP contribution < -0.4 is 0 Å². The molecule has 0 aliphatic carbocycles. The third-order valence-electron chi connectivity index (χ3n) is 2.07. The van der Waals surface area contributed by atoms with Gasteiger partial charge in [0.2, 0.25) is 0 Å². The van der Waals surface area contributed by atoms with E-state index in [9.17, 15) is 4.79 Å². The summed E-state index contributed by atoms with van der Waals surface area (Å²) in [5, 5.41) is 1.27. The summed E-state index contributed by atoms with van der Waals surface area (Å²) >= 11 is 11.9. The van der Waals surface area contributed by atoms with Crippen LogP contribution >= 0.6 is 23.2 Å². The third-order valence-corrected chi connectivity index (χ3v) is 2.68. The second kappa shape index (κ2) is 6.09. The number of nitrogens with zero attached hydrogens (tertiary/aromatic N) is 1. The fourth-order valence-electron chi connectivity index (χ4n) is 1.30. The lowest BCUT2D eigenvalue weighted by Crippen LogP contribution is -2.26. The third kappa shape index (κ3) is 4.00. The molecule has 0 fully saturated rings. The number of ether oxygens (including phenoxy) is 1. The summed E-state index contributed by atoms with van der Waals surface area (Å²) in [5.41, 5.74) is 0.889. The van der Waals surface area contributed by atoms with Crippen LogP contribution in [0.15, 0.2) is 18.2 Å². The van der Waals surface area contributed by atoms with E-state index in [0.29, 0.717) is 16.6 Å². The lowest BCUT2D eigenvalue weighted by Gasteiger charge is -2.16. The number of carbonyl (C=O) groups is 1. The van der Waals surface area contributed by atoms with Gasteiger partial charge in [0.05, 0.1) is 13.7 Å². The molecule has 0 N–H and O–H groups in total. The van der Waals surface area contributed by atoms with Gasteiger partial charge in [-0.05, 0) is 30.8 Å². The zero-order valence-corrected chi connectivity index (χ0v) is 10.7. The molecule has 1 rings (SSSR count). The Morgan fingerprint density at radius 2 is 2.12 bits per heavy atom. The molecule has 16 heavy (non-hydrogen) atoms. The maximum absolute atomic E-state index is 11.0. The van der Waals surface area contributed by atoms with Crippen LogP contribution in [0.2, 0.25) is 10.0 Å². The molecule has 0 unspecified atom stereocenters. The highest BCUT2D eigenvalue weighted by molar-refractivity contribution is 6.33. The number of esters is 1. The summed E-state index contributed by atoms with van der Waals surface area (Å²) in [5.74, 6) is -0.277. The van der Waals surface area contributed by atoms with E-state index in [1.54, 1.807) is 18.2 Å². The number of rotatable bonds is 4. The van der Waals surface area contributed by atoms with Gasteiger partial charge in [-0.25, -0.2) is 0 Å². The van der Waals surface area contributed by atoms with Crippen molar-refractivity contribution in [1.82, 2.24) is 4.90 Å². The maximum atomic E-state index is 11.0. The molecular weight excluding hydrogens is 249 g/mol. The fraction of sp³-hybridized carbons (Fsp3) is 0.364. The molecule has 0 saturated carbocycles. The quantitative estimate of drug-likeness (QED) is 0.781. The topological polar surface area (TPSA) is 29.5 Å². The highest BCUT2D eigenvalue weighted by Crippen LogP contribution is 2.21. The van der Waals surface area contributed by atoms with E-state index in [4.69, 9.17) is 23.2 Å². The smallest absolute Gasteiger partial charge is 0.319 e. The van der Waals surface area contributed by atoms with Crippen LogP contribution in [0.4, 0.5) is 0 Å². The lowest BCUT2D eigenvalue weighted by molar-refractivity contribution is -0.141. The fourth-order valence-corrected chi connectivity index (χ4v) is 1.67. The molecule has 88 valence electrons. The van der Waals surface area contributed by atoms with Crippen molar-refractivity contribution in [1.29, 1.82) is 0 Å². The molecule has 0 aliphatic heterocycles. The van der Waals surface area contributed by atoms with E-state index < -0.39 is 0 Å². The first-order valence-corrected chi connectivity index (χ1v) is 5.48. The first-order valence-electron chi connectivity index (χ1n) is 4.72. The molecule has 0 spiro atoms. The van der Waals surface area contributed by atoms with Gasteiger partial charge in [0, 0.05) is 16.6 Å². The molecule has 0 radical (unpaired) electrons. The summed E-state index contributed by atoms with van der Waals surface area (Å²) in [6, 6.07) is 5.26. The van der Waals surface area contributed by atoms with Gasteiger partial charge in [-0.1, -0.05) is 23.2 Å². The Bertz CT molecular complexity index is 382. The van der Waals surface area contributed by atoms with E-state index >= 15 is 0 Å². The van der Waals surface area contributed by atoms with Gasteiger partial charge in [-0.3, -0.25) is 9.69 Å². The number of methoxy groups -OCH3 is 1. The van der Waals surface area contributed by atoms with Gasteiger partial charge >= 0.3 is 5.97 Å². The molecule has 0 aromatic heterocycles. The minimum Gasteiger partial charge on any atom is -0.468 e. The van der Waals surface area contributed by atoms with Crippen molar-refractivity contribution in [2.75, 3.05) is 20.7 Å². The van der Waals surface area contributed by atoms with E-state index in [0.717, 1.165) is 5.56 Å². The highest BCUT2D eigenvalue weighted by Gasteiger charge is 2.09. The predicted octanol–water partition coefficient (Wildman–Crippen LogP) is 2.60. The first-order chi connectivity index (χ1) is 7.52. The molecule has 0 atom stereocenters. The van der Waals surface area contributed by atoms with Crippen molar-refractivity contribution in [3.63, 3.8) is 0 Å². The Hall–Kier alpha value is -0.770. The van der Waals surface area contributed by atoms with Crippen molar-refractivity contribution in [2.45, 2.75) is 6.54 Å². The number of benzene rings is 1. The Morgan fingerprint density at radius 3 is 2.75 bits per heavy atom. The first kappa shape index (κ1) is 13.3. The van der Waals surface area contributed by atoms with Crippen LogP contribution in [0.25, 0.3) is 0 Å². The van der Waals surface area contributed by atoms with Gasteiger partial charge in [-0.2, -0.15) is 0 Å². The largest absolute Gasteiger partial charge is 0.468 e. The van der Waals surface area contributed by atoms with Crippen LogP contribution in [0.1, 0.15) is 5.56 Å². The maximum Gasteiger partial charge on any atom is 0.319 e. The van der Waals surface area contributed by atoms with Crippen LogP contribution in [0.5, 0.6) is 0 Å². The number of halogens is 2. The molecular formula is C11H13Cl2NO2. The summed E-state index contributed by atoms with van der Waals surface area (Å²) < 4.78 is 4.57. The monoisotopic (exact) mass is 261 g/mol. The van der Waals surface area contributed by atoms with Crippen molar-refractivity contribution >= 4 is 29.2 Å². The molecule has 1 aromatic carbocycles. The second-order valence-corrected chi connectivity index (χ2v) is 4.33. The van der Waals surface area contributed by atoms with E-state index in [-0.39, 0.29) is 12.5 Å². The number of likely N-dealkylation sites (N-methyl/N-ethyl adjacent to an activating group) is 1. The minimum atomic E-state index is -0.277. The van der Waals surface area contributed by atoms with E-state index in [1.807, 2.05) is 11.9 Å². The van der Waals surface area contributed by atoms with Gasteiger partial charge in [0.1, 0.15) is 0 Å². The summed E-state index contributed by atoms with van der Waals surface area (Å²) in [6.45, 7) is 0.772. The Labute approximate surface area is 105 Å². The molecule has 3 nitrogen and oxygen atoms in total. The molecule has 0 bridgehead atoms. The van der Waals surface area contributed by atoms with Gasteiger partial charge in [-0.15, -0.1) is 0 Å². The van der Waals surface area contributed by atoms with Crippen LogP contribution in [0.3, 0.4) is 0 Å². The lowest BCUT2D eigenvalue weighted by atomic mass is 10.2. The SMILES string of the molecule is COC(=O)CN(C)Cc1cc(Cl)ccc1Cl. The average molecular weight is 262 g/mol. The molecule has 1 aromatic rings. The normalized spacial score (nSPS) is 10.6. The number of hydrogen-bond donors (Lipinski definition) is 0. The predicted molar refractivity (Wildman–Crippen MR) is 64.8 cm³/mol.